The van der Waals surface area contributed by atoms with E-state index < -0.39 is 29.8 Å². The standard InChI is InChI=1S/C25H39N3O7/c1-25(2,3)35-24(33)27-16-10-5-8-15-21(29)28-20(22(30)31)14-9-11-17-26-23(32)34-18-19-12-6-4-7-13-19/h4,6-7,12-13,20H,5,8-11,14-18H2,1-3H3,(H,26,32)(H,27,33)(H,28,29)(H,30,31)/t20-/m0/s1. The Balaban J connectivity index is 2.11. The van der Waals surface area contributed by atoms with E-state index in [9.17, 15) is 24.3 Å². The molecule has 0 fully saturated rings. The predicted molar refractivity (Wildman–Crippen MR) is 131 cm³/mol. The molecule has 0 aliphatic heterocycles. The zero-order valence-electron chi connectivity index (χ0n) is 20.9. The van der Waals surface area contributed by atoms with E-state index in [1.54, 1.807) is 20.8 Å². The highest BCUT2D eigenvalue weighted by Gasteiger charge is 2.19. The molecule has 1 aromatic rings. The fourth-order valence-electron chi connectivity index (χ4n) is 3.05. The van der Waals surface area contributed by atoms with Gasteiger partial charge in [0.15, 0.2) is 0 Å². The van der Waals surface area contributed by atoms with Gasteiger partial charge in [-0.3, -0.25) is 4.79 Å². The van der Waals surface area contributed by atoms with Gasteiger partial charge in [-0.05, 0) is 58.4 Å². The number of hydrogen-bond acceptors (Lipinski definition) is 6. The van der Waals surface area contributed by atoms with E-state index in [2.05, 4.69) is 16.0 Å². The molecule has 10 nitrogen and oxygen atoms in total. The summed E-state index contributed by atoms with van der Waals surface area (Å²) < 4.78 is 10.2. The van der Waals surface area contributed by atoms with Crippen LogP contribution in [0.2, 0.25) is 0 Å². The Hall–Kier alpha value is -3.30. The van der Waals surface area contributed by atoms with Crippen LogP contribution in [0.15, 0.2) is 30.3 Å². The van der Waals surface area contributed by atoms with Crippen LogP contribution >= 0.6 is 0 Å². The Kier molecular flexibility index (Phi) is 13.9. The van der Waals surface area contributed by atoms with Gasteiger partial charge in [0.1, 0.15) is 18.2 Å². The largest absolute Gasteiger partial charge is 0.480 e. The van der Waals surface area contributed by atoms with Crippen molar-refractivity contribution in [1.82, 2.24) is 16.0 Å². The van der Waals surface area contributed by atoms with E-state index in [0.29, 0.717) is 45.2 Å². The van der Waals surface area contributed by atoms with Crippen molar-refractivity contribution >= 4 is 24.1 Å². The molecule has 4 N–H and O–H groups in total. The van der Waals surface area contributed by atoms with Gasteiger partial charge in [-0.15, -0.1) is 0 Å². The van der Waals surface area contributed by atoms with Crippen LogP contribution in [0.1, 0.15) is 71.3 Å². The molecular weight excluding hydrogens is 454 g/mol. The maximum Gasteiger partial charge on any atom is 0.407 e. The lowest BCUT2D eigenvalue weighted by Gasteiger charge is -2.19. The fraction of sp³-hybridized carbons (Fsp3) is 0.600. The van der Waals surface area contributed by atoms with Gasteiger partial charge < -0.3 is 30.5 Å². The van der Waals surface area contributed by atoms with Gasteiger partial charge in [-0.1, -0.05) is 36.8 Å². The second kappa shape index (κ2) is 16.3. The molecule has 0 heterocycles. The van der Waals surface area contributed by atoms with Crippen molar-refractivity contribution < 1.29 is 33.8 Å². The van der Waals surface area contributed by atoms with Crippen molar-refractivity contribution in [2.75, 3.05) is 13.1 Å². The molecule has 35 heavy (non-hydrogen) atoms. The van der Waals surface area contributed by atoms with Gasteiger partial charge in [0, 0.05) is 19.5 Å². The number of ether oxygens (including phenoxy) is 2. The van der Waals surface area contributed by atoms with Gasteiger partial charge in [0.2, 0.25) is 5.91 Å². The Morgan fingerprint density at radius 1 is 0.886 bits per heavy atom. The van der Waals surface area contributed by atoms with Crippen LogP contribution in [-0.4, -0.2) is 53.9 Å². The first-order valence-electron chi connectivity index (χ1n) is 12.0. The number of alkyl carbamates (subject to hydrolysis) is 2. The number of benzene rings is 1. The van der Waals surface area contributed by atoms with E-state index in [4.69, 9.17) is 9.47 Å². The Bertz CT molecular complexity index is 794. The van der Waals surface area contributed by atoms with Gasteiger partial charge in [0.25, 0.3) is 0 Å². The van der Waals surface area contributed by atoms with Crippen LogP contribution < -0.4 is 16.0 Å². The summed E-state index contributed by atoms with van der Waals surface area (Å²) in [7, 11) is 0. The number of carboxylic acid groups (broad SMARTS) is 1. The Morgan fingerprint density at radius 3 is 2.14 bits per heavy atom. The van der Waals surface area contributed by atoms with Gasteiger partial charge >= 0.3 is 18.2 Å². The van der Waals surface area contributed by atoms with Crippen molar-refractivity contribution in [1.29, 1.82) is 0 Å². The van der Waals surface area contributed by atoms with Crippen LogP contribution in [-0.2, 0) is 25.7 Å². The summed E-state index contributed by atoms with van der Waals surface area (Å²) in [5, 5.41) is 17.2. The van der Waals surface area contributed by atoms with Crippen LogP contribution in [0.4, 0.5) is 9.59 Å². The van der Waals surface area contributed by atoms with Gasteiger partial charge in [-0.25, -0.2) is 14.4 Å². The second-order valence-corrected chi connectivity index (χ2v) is 9.18. The van der Waals surface area contributed by atoms with E-state index in [0.717, 1.165) is 5.56 Å². The fourth-order valence-corrected chi connectivity index (χ4v) is 3.05. The molecule has 0 saturated heterocycles. The molecule has 0 aromatic heterocycles. The second-order valence-electron chi connectivity index (χ2n) is 9.18. The number of aliphatic carboxylic acids is 1. The monoisotopic (exact) mass is 493 g/mol. The molecule has 0 unspecified atom stereocenters. The van der Waals surface area contributed by atoms with Crippen molar-refractivity contribution in [3.8, 4) is 0 Å². The number of carbonyl (C=O) groups is 4. The maximum atomic E-state index is 12.1. The summed E-state index contributed by atoms with van der Waals surface area (Å²) in [4.78, 5) is 46.8. The van der Waals surface area contributed by atoms with Crippen LogP contribution in [0.5, 0.6) is 0 Å². The minimum Gasteiger partial charge on any atom is -0.480 e. The van der Waals surface area contributed by atoms with Crippen LogP contribution in [0.25, 0.3) is 0 Å². The Morgan fingerprint density at radius 2 is 1.51 bits per heavy atom. The SMILES string of the molecule is CC(C)(C)OC(=O)NCCCCCC(=O)N[C@@H](CCCCNC(=O)OCc1ccccc1)C(=O)O. The van der Waals surface area contributed by atoms with Gasteiger partial charge in [0.05, 0.1) is 0 Å². The highest BCUT2D eigenvalue weighted by molar-refractivity contribution is 5.83. The molecule has 3 amide bonds. The number of unbranched alkanes of at least 4 members (excludes halogenated alkanes) is 3. The number of carboxylic acids is 1. The van der Waals surface area contributed by atoms with Crippen molar-refractivity contribution in [3.05, 3.63) is 35.9 Å². The summed E-state index contributed by atoms with van der Waals surface area (Å²) in [6.45, 7) is 6.34. The molecule has 0 saturated carbocycles. The third-order valence-corrected chi connectivity index (χ3v) is 4.78. The average molecular weight is 494 g/mol. The molecule has 1 aromatic carbocycles. The zero-order valence-corrected chi connectivity index (χ0v) is 20.9. The molecular formula is C25H39N3O7. The van der Waals surface area contributed by atoms with E-state index in [-0.39, 0.29) is 25.4 Å². The molecule has 1 atom stereocenters. The first-order chi connectivity index (χ1) is 16.6. The van der Waals surface area contributed by atoms with Crippen LogP contribution in [0.3, 0.4) is 0 Å². The average Bonchev–Trinajstić information content (AvgIpc) is 2.78. The highest BCUT2D eigenvalue weighted by atomic mass is 16.6. The molecule has 196 valence electrons. The summed E-state index contributed by atoms with van der Waals surface area (Å²) in [6, 6.07) is 8.35. The Labute approximate surface area is 207 Å². The van der Waals surface area contributed by atoms with E-state index >= 15 is 0 Å². The summed E-state index contributed by atoms with van der Waals surface area (Å²) in [5.74, 6) is -1.41. The summed E-state index contributed by atoms with van der Waals surface area (Å²) in [5.41, 5.74) is 0.341. The lowest BCUT2D eigenvalue weighted by Crippen LogP contribution is -2.40. The first-order valence-corrected chi connectivity index (χ1v) is 12.0. The molecule has 0 bridgehead atoms. The van der Waals surface area contributed by atoms with Crippen molar-refractivity contribution in [2.45, 2.75) is 84.0 Å². The molecule has 0 spiro atoms. The van der Waals surface area contributed by atoms with Crippen molar-refractivity contribution in [2.24, 2.45) is 0 Å². The number of amides is 3. The van der Waals surface area contributed by atoms with Gasteiger partial charge in [-0.2, -0.15) is 0 Å². The first kappa shape index (κ1) is 29.7. The lowest BCUT2D eigenvalue weighted by atomic mass is 10.1. The summed E-state index contributed by atoms with van der Waals surface area (Å²) in [6.07, 6.45) is 2.55. The summed E-state index contributed by atoms with van der Waals surface area (Å²) >= 11 is 0. The predicted octanol–water partition coefficient (Wildman–Crippen LogP) is 3.74. The highest BCUT2D eigenvalue weighted by Crippen LogP contribution is 2.07. The molecule has 10 heteroatoms. The topological polar surface area (TPSA) is 143 Å². The number of hydrogen-bond donors (Lipinski definition) is 4. The third kappa shape index (κ3) is 16.0. The molecule has 1 rings (SSSR count). The van der Waals surface area contributed by atoms with Crippen molar-refractivity contribution in [3.63, 3.8) is 0 Å². The zero-order chi connectivity index (χ0) is 26.1. The van der Waals surface area contributed by atoms with Crippen LogP contribution in [0, 0.1) is 0 Å². The van der Waals surface area contributed by atoms with E-state index in [1.807, 2.05) is 30.3 Å². The number of nitrogens with one attached hydrogen (secondary N) is 3. The minimum absolute atomic E-state index is 0.181. The lowest BCUT2D eigenvalue weighted by molar-refractivity contribution is -0.142. The molecule has 0 aliphatic carbocycles. The smallest absolute Gasteiger partial charge is 0.407 e. The molecule has 0 radical (unpaired) electrons. The number of rotatable bonds is 15. The quantitative estimate of drug-likeness (QED) is 0.273. The van der Waals surface area contributed by atoms with E-state index in [1.165, 1.54) is 0 Å². The minimum atomic E-state index is -1.09. The third-order valence-electron chi connectivity index (χ3n) is 4.78. The molecule has 0 aliphatic rings. The normalized spacial score (nSPS) is 11.7. The number of carbonyl (C=O) groups excluding carboxylic acids is 3. The maximum absolute atomic E-state index is 12.1.